The predicted molar refractivity (Wildman–Crippen MR) is 97.2 cm³/mol. The summed E-state index contributed by atoms with van der Waals surface area (Å²) in [5, 5.41) is 2.86. The fraction of sp³-hybridized carbons (Fsp3) is 0.316. The van der Waals surface area contributed by atoms with Crippen LogP contribution in [-0.2, 0) is 9.84 Å². The quantitative estimate of drug-likeness (QED) is 0.866. The van der Waals surface area contributed by atoms with Crippen LogP contribution < -0.4 is 5.32 Å². The molecule has 0 aliphatic carbocycles. The number of likely N-dealkylation sites (tertiary alicyclic amines) is 1. The maximum atomic E-state index is 13.7. The number of nitrogens with zero attached hydrogens (tertiary/aromatic N) is 1. The van der Waals surface area contributed by atoms with Crippen molar-refractivity contribution < 1.29 is 22.0 Å². The van der Waals surface area contributed by atoms with E-state index < -0.39 is 27.4 Å². The number of nitrogens with one attached hydrogen (secondary N) is 1. The highest BCUT2D eigenvalue weighted by Crippen LogP contribution is 2.32. The van der Waals surface area contributed by atoms with Gasteiger partial charge < -0.3 is 5.32 Å². The molecule has 1 fully saturated rings. The lowest BCUT2D eigenvalue weighted by Crippen LogP contribution is -2.39. The van der Waals surface area contributed by atoms with Gasteiger partial charge in [0.2, 0.25) is 0 Å². The lowest BCUT2D eigenvalue weighted by atomic mass is 9.99. The van der Waals surface area contributed by atoms with Gasteiger partial charge >= 0.3 is 0 Å². The molecule has 0 saturated carbocycles. The lowest BCUT2D eigenvalue weighted by Gasteiger charge is -2.26. The van der Waals surface area contributed by atoms with Gasteiger partial charge in [0.15, 0.2) is 21.5 Å². The van der Waals surface area contributed by atoms with Crippen LogP contribution in [-0.4, -0.2) is 45.1 Å². The Kier molecular flexibility index (Phi) is 5.30. The van der Waals surface area contributed by atoms with Crippen molar-refractivity contribution >= 4 is 15.7 Å². The minimum atomic E-state index is -3.56. The van der Waals surface area contributed by atoms with Crippen LogP contribution in [0.25, 0.3) is 0 Å². The Morgan fingerprint density at radius 1 is 1.15 bits per heavy atom. The van der Waals surface area contributed by atoms with Crippen molar-refractivity contribution in [3.63, 3.8) is 0 Å². The van der Waals surface area contributed by atoms with E-state index in [9.17, 15) is 22.0 Å². The molecule has 0 bridgehead atoms. The average Bonchev–Trinajstić information content (AvgIpc) is 2.97. The first-order valence-electron chi connectivity index (χ1n) is 8.43. The summed E-state index contributed by atoms with van der Waals surface area (Å²) in [4.78, 5) is 14.6. The zero-order valence-electron chi connectivity index (χ0n) is 14.9. The minimum Gasteiger partial charge on any atom is -0.347 e. The molecule has 27 heavy (non-hydrogen) atoms. The van der Waals surface area contributed by atoms with E-state index >= 15 is 0 Å². The summed E-state index contributed by atoms with van der Waals surface area (Å²) >= 11 is 0. The smallest absolute Gasteiger partial charge is 0.252 e. The van der Waals surface area contributed by atoms with Gasteiger partial charge in [0, 0.05) is 12.8 Å². The third kappa shape index (κ3) is 4.01. The van der Waals surface area contributed by atoms with Gasteiger partial charge in [0.1, 0.15) is 0 Å². The first-order valence-corrected chi connectivity index (χ1v) is 10.3. The fourth-order valence-corrected chi connectivity index (χ4v) is 4.39. The van der Waals surface area contributed by atoms with Crippen molar-refractivity contribution in [3.8, 4) is 0 Å². The Morgan fingerprint density at radius 3 is 2.52 bits per heavy atom. The third-order valence-electron chi connectivity index (χ3n) is 4.78. The molecule has 1 heterocycles. The molecule has 0 radical (unpaired) electrons. The van der Waals surface area contributed by atoms with Crippen LogP contribution in [0.5, 0.6) is 0 Å². The SMILES string of the molecule is CN1CCC(NC(=O)c2ccccc2S(C)(=O)=O)C1c1ccc(F)c(F)c1. The van der Waals surface area contributed by atoms with Gasteiger partial charge in [-0.2, -0.15) is 0 Å². The molecular weight excluding hydrogens is 374 g/mol. The van der Waals surface area contributed by atoms with Crippen LogP contribution in [0.4, 0.5) is 8.78 Å². The van der Waals surface area contributed by atoms with Crippen molar-refractivity contribution in [1.82, 2.24) is 10.2 Å². The molecule has 1 saturated heterocycles. The molecule has 5 nitrogen and oxygen atoms in total. The van der Waals surface area contributed by atoms with Gasteiger partial charge in [-0.15, -0.1) is 0 Å². The molecular formula is C19H20F2N2O3S. The van der Waals surface area contributed by atoms with Crippen molar-refractivity contribution in [2.24, 2.45) is 0 Å². The normalized spacial score (nSPS) is 20.6. The number of halogens is 2. The molecule has 2 aromatic rings. The van der Waals surface area contributed by atoms with Gasteiger partial charge in [0.05, 0.1) is 22.5 Å². The summed E-state index contributed by atoms with van der Waals surface area (Å²) < 4.78 is 50.8. The Balaban J connectivity index is 1.88. The maximum Gasteiger partial charge on any atom is 0.252 e. The summed E-state index contributed by atoms with van der Waals surface area (Å²) in [5.41, 5.74) is 0.620. The first kappa shape index (κ1) is 19.4. The number of carbonyl (C=O) groups is 1. The highest BCUT2D eigenvalue weighted by atomic mass is 32.2. The van der Waals surface area contributed by atoms with E-state index in [0.717, 1.165) is 18.4 Å². The number of hydrogen-bond donors (Lipinski definition) is 1. The highest BCUT2D eigenvalue weighted by molar-refractivity contribution is 7.90. The molecule has 0 spiro atoms. The van der Waals surface area contributed by atoms with E-state index in [4.69, 9.17) is 0 Å². The van der Waals surface area contributed by atoms with E-state index in [1.54, 1.807) is 12.1 Å². The molecule has 2 unspecified atom stereocenters. The molecule has 2 aromatic carbocycles. The van der Waals surface area contributed by atoms with Crippen molar-refractivity contribution in [1.29, 1.82) is 0 Å². The summed E-state index contributed by atoms with van der Waals surface area (Å²) in [6, 6.07) is 8.98. The summed E-state index contributed by atoms with van der Waals surface area (Å²) in [7, 11) is -1.73. The van der Waals surface area contributed by atoms with Gasteiger partial charge in [-0.05, 0) is 43.3 Å². The minimum absolute atomic E-state index is 0.0433. The van der Waals surface area contributed by atoms with Crippen molar-refractivity contribution in [2.45, 2.75) is 23.4 Å². The number of rotatable bonds is 4. The average molecular weight is 394 g/mol. The van der Waals surface area contributed by atoms with Gasteiger partial charge in [-0.25, -0.2) is 17.2 Å². The van der Waals surface area contributed by atoms with E-state index in [0.29, 0.717) is 18.5 Å². The van der Waals surface area contributed by atoms with Crippen molar-refractivity contribution in [3.05, 3.63) is 65.2 Å². The van der Waals surface area contributed by atoms with E-state index in [1.165, 1.54) is 18.2 Å². The zero-order valence-corrected chi connectivity index (χ0v) is 15.8. The second-order valence-electron chi connectivity index (χ2n) is 6.74. The Bertz CT molecular complexity index is 979. The van der Waals surface area contributed by atoms with Crippen molar-refractivity contribution in [2.75, 3.05) is 19.8 Å². The standard InChI is InChI=1S/C19H20F2N2O3S/c1-23-10-9-16(18(23)12-7-8-14(20)15(21)11-12)22-19(24)13-5-3-4-6-17(13)27(2,25)26/h3-8,11,16,18H,9-10H2,1-2H3,(H,22,24). The van der Waals surface area contributed by atoms with Gasteiger partial charge in [-0.3, -0.25) is 9.69 Å². The summed E-state index contributed by atoms with van der Waals surface area (Å²) in [6.07, 6.45) is 1.65. The lowest BCUT2D eigenvalue weighted by molar-refractivity contribution is 0.0924. The van der Waals surface area contributed by atoms with Crippen LogP contribution in [0.3, 0.4) is 0 Å². The van der Waals surface area contributed by atoms with Gasteiger partial charge in [0.25, 0.3) is 5.91 Å². The Hall–Kier alpha value is -2.32. The van der Waals surface area contributed by atoms with Crippen LogP contribution in [0.2, 0.25) is 0 Å². The fourth-order valence-electron chi connectivity index (χ4n) is 3.50. The molecule has 1 N–H and O–H groups in total. The summed E-state index contributed by atoms with van der Waals surface area (Å²) in [6.45, 7) is 0.655. The Labute approximate surface area is 156 Å². The van der Waals surface area contributed by atoms with E-state index in [1.807, 2.05) is 11.9 Å². The third-order valence-corrected chi connectivity index (χ3v) is 5.94. The second-order valence-corrected chi connectivity index (χ2v) is 8.72. The molecule has 144 valence electrons. The number of benzene rings is 2. The maximum absolute atomic E-state index is 13.7. The van der Waals surface area contributed by atoms with Crippen LogP contribution in [0.15, 0.2) is 47.4 Å². The first-order chi connectivity index (χ1) is 12.7. The van der Waals surface area contributed by atoms with E-state index in [-0.39, 0.29) is 22.5 Å². The number of sulfone groups is 1. The number of likely N-dealkylation sites (N-methyl/N-ethyl adjacent to an activating group) is 1. The van der Waals surface area contributed by atoms with Crippen LogP contribution in [0.1, 0.15) is 28.4 Å². The number of hydrogen-bond acceptors (Lipinski definition) is 4. The summed E-state index contributed by atoms with van der Waals surface area (Å²) in [5.74, 6) is -2.38. The molecule has 1 aliphatic rings. The zero-order chi connectivity index (χ0) is 19.8. The molecule has 1 aliphatic heterocycles. The van der Waals surface area contributed by atoms with Crippen LogP contribution in [0, 0.1) is 11.6 Å². The Morgan fingerprint density at radius 2 is 1.85 bits per heavy atom. The molecule has 3 rings (SSSR count). The highest BCUT2D eigenvalue weighted by Gasteiger charge is 2.35. The topological polar surface area (TPSA) is 66.5 Å². The van der Waals surface area contributed by atoms with Crippen LogP contribution >= 0.6 is 0 Å². The monoisotopic (exact) mass is 394 g/mol. The molecule has 8 heteroatoms. The molecule has 2 atom stereocenters. The van der Waals surface area contributed by atoms with Gasteiger partial charge in [-0.1, -0.05) is 18.2 Å². The van der Waals surface area contributed by atoms with E-state index in [2.05, 4.69) is 5.32 Å². The molecule has 1 amide bonds. The largest absolute Gasteiger partial charge is 0.347 e. The number of amides is 1. The molecule has 0 aromatic heterocycles. The predicted octanol–water partition coefficient (Wildman–Crippen LogP) is 2.54. The second kappa shape index (κ2) is 7.36. The number of carbonyl (C=O) groups excluding carboxylic acids is 1.